The van der Waals surface area contributed by atoms with E-state index in [-0.39, 0.29) is 28.1 Å². The second-order valence-corrected chi connectivity index (χ2v) is 8.85. The summed E-state index contributed by atoms with van der Waals surface area (Å²) in [5.74, 6) is -0.736. The number of aryl methyl sites for hydroxylation is 1. The van der Waals surface area contributed by atoms with Crippen LogP contribution in [0.3, 0.4) is 0 Å². The average molecular weight is 507 g/mol. The fourth-order valence-electron chi connectivity index (χ4n) is 4.17. The van der Waals surface area contributed by atoms with Crippen LogP contribution in [0.2, 0.25) is 5.15 Å². The molecule has 0 aliphatic rings. The van der Waals surface area contributed by atoms with Crippen LogP contribution in [-0.2, 0) is 0 Å². The van der Waals surface area contributed by atoms with E-state index in [0.29, 0.717) is 39.1 Å². The highest BCUT2D eigenvalue weighted by molar-refractivity contribution is 6.29. The molecule has 182 valence electrons. The van der Waals surface area contributed by atoms with Crippen LogP contribution in [-0.4, -0.2) is 15.1 Å². The number of aromatic amines is 1. The van der Waals surface area contributed by atoms with Gasteiger partial charge >= 0.3 is 5.76 Å². The molecule has 0 spiro atoms. The largest absolute Gasteiger partial charge is 0.455 e. The Bertz CT molecular complexity index is 1740. The van der Waals surface area contributed by atoms with Crippen LogP contribution in [0.5, 0.6) is 0 Å². The third kappa shape index (κ3) is 4.29. The molecule has 3 heterocycles. The first kappa shape index (κ1) is 23.5. The Kier molecular flexibility index (Phi) is 5.93. The lowest BCUT2D eigenvalue weighted by molar-refractivity contribution is 0.388. The van der Waals surface area contributed by atoms with Gasteiger partial charge in [0.1, 0.15) is 28.0 Å². The normalized spacial score (nSPS) is 12.1. The molecule has 0 aliphatic carbocycles. The van der Waals surface area contributed by atoms with Crippen molar-refractivity contribution in [1.29, 1.82) is 0 Å². The predicted octanol–water partition coefficient (Wildman–Crippen LogP) is 5.78. The molecule has 36 heavy (non-hydrogen) atoms. The minimum Gasteiger partial charge on any atom is -0.455 e. The van der Waals surface area contributed by atoms with Crippen molar-refractivity contribution in [3.05, 3.63) is 97.0 Å². The number of H-pyrrole nitrogens is 1. The van der Waals surface area contributed by atoms with Crippen molar-refractivity contribution < 1.29 is 13.3 Å². The van der Waals surface area contributed by atoms with Crippen molar-refractivity contribution in [2.75, 3.05) is 5.32 Å². The molecule has 10 heteroatoms. The lowest BCUT2D eigenvalue weighted by Gasteiger charge is -2.20. The number of anilines is 1. The summed E-state index contributed by atoms with van der Waals surface area (Å²) in [5.41, 5.74) is 3.43. The molecule has 0 saturated heterocycles. The van der Waals surface area contributed by atoms with Crippen molar-refractivity contribution >= 4 is 28.3 Å². The maximum absolute atomic E-state index is 13.9. The van der Waals surface area contributed by atoms with Gasteiger partial charge in [0, 0.05) is 16.7 Å². The second kappa shape index (κ2) is 9.09. The Morgan fingerprint density at radius 3 is 2.64 bits per heavy atom. The summed E-state index contributed by atoms with van der Waals surface area (Å²) in [4.78, 5) is 31.5. The van der Waals surface area contributed by atoms with Crippen LogP contribution >= 0.6 is 11.6 Å². The van der Waals surface area contributed by atoms with Crippen molar-refractivity contribution in [3.63, 3.8) is 0 Å². The van der Waals surface area contributed by atoms with Gasteiger partial charge < -0.3 is 9.73 Å². The van der Waals surface area contributed by atoms with Crippen molar-refractivity contribution in [3.8, 4) is 22.8 Å². The molecule has 8 nitrogen and oxygen atoms in total. The van der Waals surface area contributed by atoms with Crippen LogP contribution < -0.4 is 16.5 Å². The minimum absolute atomic E-state index is 0.113. The van der Waals surface area contributed by atoms with E-state index < -0.39 is 11.6 Å². The Balaban J connectivity index is 1.65. The number of nitrogens with one attached hydrogen (secondary N) is 2. The Morgan fingerprint density at radius 2 is 1.92 bits per heavy atom. The van der Waals surface area contributed by atoms with E-state index in [1.54, 1.807) is 37.3 Å². The van der Waals surface area contributed by atoms with Crippen molar-refractivity contribution in [2.45, 2.75) is 26.8 Å². The second-order valence-electron chi connectivity index (χ2n) is 8.47. The number of pyridine rings is 1. The highest BCUT2D eigenvalue weighted by Crippen LogP contribution is 2.34. The average Bonchev–Trinajstić information content (AvgIpc) is 3.28. The standard InChI is InChI=1S/C26H20ClFN4O4/c1-12-9-17(14(3)29-19-7-8-20(27)30-21(19)25-31-26(34)36-32-25)24-18(10-12)22(33)13(2)23(35-24)15-5-4-6-16(28)11-15/h4-11,14,29H,1-3H3,(H,31,32,34)/t14-/m1/s1. The van der Waals surface area contributed by atoms with Gasteiger partial charge in [-0.2, -0.15) is 0 Å². The lowest BCUT2D eigenvalue weighted by atomic mass is 9.98. The van der Waals surface area contributed by atoms with E-state index in [1.807, 2.05) is 19.9 Å². The summed E-state index contributed by atoms with van der Waals surface area (Å²) in [6.45, 7) is 5.44. The van der Waals surface area contributed by atoms with Gasteiger partial charge in [0.2, 0.25) is 5.82 Å². The van der Waals surface area contributed by atoms with Gasteiger partial charge in [0.15, 0.2) is 5.43 Å². The first-order chi connectivity index (χ1) is 17.2. The first-order valence-corrected chi connectivity index (χ1v) is 11.4. The van der Waals surface area contributed by atoms with E-state index in [4.69, 9.17) is 16.0 Å². The van der Waals surface area contributed by atoms with E-state index in [2.05, 4.69) is 25.0 Å². The smallest absolute Gasteiger partial charge is 0.439 e. The highest BCUT2D eigenvalue weighted by Gasteiger charge is 2.21. The molecular weight excluding hydrogens is 487 g/mol. The number of aromatic nitrogens is 3. The number of halogens is 2. The van der Waals surface area contributed by atoms with Crippen LogP contribution in [0.4, 0.5) is 10.1 Å². The molecule has 0 amide bonds. The van der Waals surface area contributed by atoms with E-state index in [1.165, 1.54) is 12.1 Å². The molecule has 0 radical (unpaired) electrons. The molecule has 2 N–H and O–H groups in total. The van der Waals surface area contributed by atoms with Gasteiger partial charge in [-0.05, 0) is 56.7 Å². The third-order valence-electron chi connectivity index (χ3n) is 5.84. The number of nitrogens with zero attached hydrogens (tertiary/aromatic N) is 2. The summed E-state index contributed by atoms with van der Waals surface area (Å²) in [5, 5.41) is 7.67. The highest BCUT2D eigenvalue weighted by atomic mass is 35.5. The van der Waals surface area contributed by atoms with E-state index >= 15 is 0 Å². The molecule has 0 bridgehead atoms. The Hall–Kier alpha value is -4.24. The minimum atomic E-state index is -0.725. The van der Waals surface area contributed by atoms with Crippen LogP contribution in [0.1, 0.15) is 29.7 Å². The molecule has 5 aromatic rings. The van der Waals surface area contributed by atoms with Gasteiger partial charge in [-0.15, -0.1) is 0 Å². The summed E-state index contributed by atoms with van der Waals surface area (Å²) in [7, 11) is 0. The van der Waals surface area contributed by atoms with Crippen LogP contribution in [0, 0.1) is 19.7 Å². The summed E-state index contributed by atoms with van der Waals surface area (Å²) in [6.07, 6.45) is 0. The van der Waals surface area contributed by atoms with Gasteiger partial charge in [-0.1, -0.05) is 35.0 Å². The monoisotopic (exact) mass is 506 g/mol. The summed E-state index contributed by atoms with van der Waals surface area (Å²) >= 11 is 6.08. The van der Waals surface area contributed by atoms with Gasteiger partial charge in [-0.25, -0.2) is 14.2 Å². The molecule has 3 aromatic heterocycles. The molecule has 0 unspecified atom stereocenters. The number of fused-ring (bicyclic) bond motifs is 1. The molecule has 5 rings (SSSR count). The molecule has 0 fully saturated rings. The molecule has 0 saturated carbocycles. The molecule has 1 atom stereocenters. The molecular formula is C26H20ClFN4O4. The SMILES string of the molecule is Cc1cc([C@@H](C)Nc2ccc(Cl)nc2-c2noc(=O)[nH]2)c2oc(-c3cccc(F)c3)c(C)c(=O)c2c1. The first-order valence-electron chi connectivity index (χ1n) is 11.0. The number of hydrogen-bond acceptors (Lipinski definition) is 7. The zero-order valence-corrected chi connectivity index (χ0v) is 20.2. The summed E-state index contributed by atoms with van der Waals surface area (Å²) < 4.78 is 24.8. The van der Waals surface area contributed by atoms with Crippen LogP contribution in [0.15, 0.2) is 67.1 Å². The van der Waals surface area contributed by atoms with Gasteiger partial charge in [-0.3, -0.25) is 14.3 Å². The van der Waals surface area contributed by atoms with Gasteiger partial charge in [0.05, 0.1) is 17.1 Å². The van der Waals surface area contributed by atoms with Crippen LogP contribution in [0.25, 0.3) is 33.8 Å². The molecule has 0 aliphatic heterocycles. The Labute approximate surface area is 208 Å². The zero-order valence-electron chi connectivity index (χ0n) is 19.5. The molecule has 2 aromatic carbocycles. The zero-order chi connectivity index (χ0) is 25.6. The predicted molar refractivity (Wildman–Crippen MR) is 135 cm³/mol. The number of hydrogen-bond donors (Lipinski definition) is 2. The van der Waals surface area contributed by atoms with Crippen molar-refractivity contribution in [2.24, 2.45) is 0 Å². The lowest BCUT2D eigenvalue weighted by Crippen LogP contribution is -2.13. The maximum atomic E-state index is 13.9. The number of rotatable bonds is 5. The topological polar surface area (TPSA) is 114 Å². The fraction of sp³-hybridized carbons (Fsp3) is 0.154. The fourth-order valence-corrected chi connectivity index (χ4v) is 4.32. The van der Waals surface area contributed by atoms with Gasteiger partial charge in [0.25, 0.3) is 0 Å². The van der Waals surface area contributed by atoms with Crippen molar-refractivity contribution in [1.82, 2.24) is 15.1 Å². The summed E-state index contributed by atoms with van der Waals surface area (Å²) in [6, 6.07) is 12.5. The van der Waals surface area contributed by atoms with E-state index in [9.17, 15) is 14.0 Å². The maximum Gasteiger partial charge on any atom is 0.439 e. The quantitative estimate of drug-likeness (QED) is 0.290. The third-order valence-corrected chi connectivity index (χ3v) is 6.05. The number of benzene rings is 2. The van der Waals surface area contributed by atoms with E-state index in [0.717, 1.165) is 5.56 Å². The Morgan fingerprint density at radius 1 is 1.11 bits per heavy atom.